The predicted molar refractivity (Wildman–Crippen MR) is 65.8 cm³/mol. The maximum Gasteiger partial charge on any atom is 0.305 e. The van der Waals surface area contributed by atoms with Crippen LogP contribution in [-0.4, -0.2) is 30.1 Å². The third-order valence-corrected chi connectivity index (χ3v) is 5.06. The minimum Gasteiger partial charge on any atom is -0.469 e. The van der Waals surface area contributed by atoms with Gasteiger partial charge >= 0.3 is 5.97 Å². The van der Waals surface area contributed by atoms with Crippen molar-refractivity contribution >= 4 is 11.8 Å². The van der Waals surface area contributed by atoms with Gasteiger partial charge in [-0.05, 0) is 37.0 Å². The van der Waals surface area contributed by atoms with Crippen LogP contribution in [0.15, 0.2) is 0 Å². The maximum atomic E-state index is 12.1. The van der Waals surface area contributed by atoms with Crippen LogP contribution in [0.25, 0.3) is 0 Å². The summed E-state index contributed by atoms with van der Waals surface area (Å²) in [6, 6.07) is 0. The van der Waals surface area contributed by atoms with Gasteiger partial charge in [-0.25, -0.2) is 0 Å². The number of fused-ring (bicyclic) bond motifs is 1. The fraction of sp³-hybridized carbons (Fsp3) is 0.857. The van der Waals surface area contributed by atoms with Crippen LogP contribution >= 0.6 is 0 Å². The fourth-order valence-corrected chi connectivity index (χ4v) is 3.80. The van der Waals surface area contributed by atoms with E-state index in [0.29, 0.717) is 19.3 Å². The molecule has 2 rings (SSSR count). The van der Waals surface area contributed by atoms with Crippen molar-refractivity contribution in [2.75, 3.05) is 7.11 Å². The highest BCUT2D eigenvalue weighted by molar-refractivity contribution is 5.83. The van der Waals surface area contributed by atoms with Crippen LogP contribution in [0.3, 0.4) is 0 Å². The van der Waals surface area contributed by atoms with Crippen molar-refractivity contribution in [3.05, 3.63) is 0 Å². The van der Waals surface area contributed by atoms with Gasteiger partial charge in [-0.3, -0.25) is 9.59 Å². The standard InChI is InChI=1S/C14H22O4/c1-14-8-7-11(15)9(3-6-13(17)18-2)10(14)4-5-12(14)16/h9-10,12,16H,3-8H2,1-2H3/t9-,10-,12-,14-/m0/s1. The number of hydrogen-bond acceptors (Lipinski definition) is 4. The first kappa shape index (κ1) is 13.5. The van der Waals surface area contributed by atoms with Crippen molar-refractivity contribution in [1.82, 2.24) is 0 Å². The zero-order chi connectivity index (χ0) is 13.3. The average molecular weight is 254 g/mol. The highest BCUT2D eigenvalue weighted by Gasteiger charge is 2.53. The smallest absolute Gasteiger partial charge is 0.305 e. The number of hydrogen-bond donors (Lipinski definition) is 1. The lowest BCUT2D eigenvalue weighted by Crippen LogP contribution is -2.43. The summed E-state index contributed by atoms with van der Waals surface area (Å²) in [6.45, 7) is 2.09. The first-order valence-electron chi connectivity index (χ1n) is 6.76. The van der Waals surface area contributed by atoms with E-state index in [9.17, 15) is 14.7 Å². The molecule has 0 unspecified atom stereocenters. The minimum atomic E-state index is -0.295. The lowest BCUT2D eigenvalue weighted by Gasteiger charge is -2.42. The Balaban J connectivity index is 2.08. The molecular formula is C14H22O4. The molecule has 102 valence electrons. The number of ketones is 1. The average Bonchev–Trinajstić information content (AvgIpc) is 2.65. The molecule has 2 saturated carbocycles. The molecule has 18 heavy (non-hydrogen) atoms. The molecule has 4 nitrogen and oxygen atoms in total. The third kappa shape index (κ3) is 2.18. The Bertz CT molecular complexity index is 352. The van der Waals surface area contributed by atoms with Gasteiger partial charge in [0.05, 0.1) is 13.2 Å². The number of aliphatic hydroxyl groups is 1. The molecule has 0 aliphatic heterocycles. The van der Waals surface area contributed by atoms with Gasteiger partial charge in [0.2, 0.25) is 0 Å². The van der Waals surface area contributed by atoms with Gasteiger partial charge in [-0.1, -0.05) is 6.92 Å². The van der Waals surface area contributed by atoms with Crippen LogP contribution in [0.4, 0.5) is 0 Å². The van der Waals surface area contributed by atoms with Gasteiger partial charge in [0.25, 0.3) is 0 Å². The number of methoxy groups -OCH3 is 1. The summed E-state index contributed by atoms with van der Waals surface area (Å²) in [5.74, 6) is 0.169. The van der Waals surface area contributed by atoms with Crippen LogP contribution in [0.1, 0.15) is 45.4 Å². The topological polar surface area (TPSA) is 63.6 Å². The zero-order valence-corrected chi connectivity index (χ0v) is 11.1. The molecule has 1 N–H and O–H groups in total. The molecule has 2 aliphatic rings. The van der Waals surface area contributed by atoms with E-state index in [4.69, 9.17) is 0 Å². The van der Waals surface area contributed by atoms with Gasteiger partial charge in [0.1, 0.15) is 5.78 Å². The Labute approximate surface area is 108 Å². The minimum absolute atomic E-state index is 0.0694. The fourth-order valence-electron chi connectivity index (χ4n) is 3.80. The number of Topliss-reactive ketones (excluding diaryl/α,β-unsaturated/α-hetero) is 1. The van der Waals surface area contributed by atoms with Gasteiger partial charge in [-0.2, -0.15) is 0 Å². The van der Waals surface area contributed by atoms with Crippen molar-refractivity contribution in [2.24, 2.45) is 17.3 Å². The molecule has 4 heteroatoms. The first-order valence-corrected chi connectivity index (χ1v) is 6.76. The van der Waals surface area contributed by atoms with Crippen LogP contribution in [0, 0.1) is 17.3 Å². The molecule has 4 atom stereocenters. The molecule has 0 aromatic carbocycles. The van der Waals surface area contributed by atoms with E-state index in [2.05, 4.69) is 11.7 Å². The molecule has 0 spiro atoms. The number of aliphatic hydroxyl groups excluding tert-OH is 1. The predicted octanol–water partition coefficient (Wildman–Crippen LogP) is 1.70. The Morgan fingerprint density at radius 3 is 2.89 bits per heavy atom. The summed E-state index contributed by atoms with van der Waals surface area (Å²) in [4.78, 5) is 23.3. The second-order valence-electron chi connectivity index (χ2n) is 5.89. The van der Waals surface area contributed by atoms with E-state index in [-0.39, 0.29) is 35.1 Å². The summed E-state index contributed by atoms with van der Waals surface area (Å²) in [5, 5.41) is 10.1. The van der Waals surface area contributed by atoms with Crippen molar-refractivity contribution in [1.29, 1.82) is 0 Å². The van der Waals surface area contributed by atoms with Crippen LogP contribution in [0.5, 0.6) is 0 Å². The lowest BCUT2D eigenvalue weighted by molar-refractivity contribution is -0.142. The van der Waals surface area contributed by atoms with E-state index in [1.165, 1.54) is 7.11 Å². The van der Waals surface area contributed by atoms with Gasteiger partial charge < -0.3 is 9.84 Å². The van der Waals surface area contributed by atoms with Crippen molar-refractivity contribution in [3.8, 4) is 0 Å². The molecule has 0 amide bonds. The molecule has 2 aliphatic carbocycles. The Morgan fingerprint density at radius 1 is 1.50 bits per heavy atom. The molecule has 0 aromatic rings. The van der Waals surface area contributed by atoms with Crippen molar-refractivity contribution in [3.63, 3.8) is 0 Å². The third-order valence-electron chi connectivity index (χ3n) is 5.06. The highest BCUT2D eigenvalue weighted by Crippen LogP contribution is 2.54. The number of esters is 1. The maximum absolute atomic E-state index is 12.1. The van der Waals surface area contributed by atoms with Gasteiger partial charge in [-0.15, -0.1) is 0 Å². The van der Waals surface area contributed by atoms with Crippen molar-refractivity contribution in [2.45, 2.75) is 51.6 Å². The summed E-state index contributed by atoms with van der Waals surface area (Å²) >= 11 is 0. The summed E-state index contributed by atoms with van der Waals surface area (Å²) < 4.78 is 4.63. The normalized spacial score (nSPS) is 39.5. The van der Waals surface area contributed by atoms with E-state index in [1.54, 1.807) is 0 Å². The molecule has 0 heterocycles. The lowest BCUT2D eigenvalue weighted by atomic mass is 9.62. The van der Waals surface area contributed by atoms with Crippen LogP contribution in [0.2, 0.25) is 0 Å². The molecule has 0 bridgehead atoms. The van der Waals surface area contributed by atoms with E-state index in [1.807, 2.05) is 0 Å². The molecule has 0 saturated heterocycles. The number of rotatable bonds is 3. The van der Waals surface area contributed by atoms with Crippen LogP contribution < -0.4 is 0 Å². The first-order chi connectivity index (χ1) is 8.49. The van der Waals surface area contributed by atoms with E-state index >= 15 is 0 Å². The molecule has 0 radical (unpaired) electrons. The Kier molecular flexibility index (Phi) is 3.76. The highest BCUT2D eigenvalue weighted by atomic mass is 16.5. The summed E-state index contributed by atoms with van der Waals surface area (Å²) in [5.41, 5.74) is -0.130. The second-order valence-corrected chi connectivity index (χ2v) is 5.89. The number of carbonyl (C=O) groups is 2. The van der Waals surface area contributed by atoms with Gasteiger partial charge in [0.15, 0.2) is 0 Å². The second kappa shape index (κ2) is 5.00. The largest absolute Gasteiger partial charge is 0.469 e. The Hall–Kier alpha value is -0.900. The Morgan fingerprint density at radius 2 is 2.22 bits per heavy atom. The van der Waals surface area contributed by atoms with E-state index in [0.717, 1.165) is 19.3 Å². The quantitative estimate of drug-likeness (QED) is 0.778. The molecular weight excluding hydrogens is 232 g/mol. The molecule has 2 fully saturated rings. The SMILES string of the molecule is COC(=O)CC[C@@H]1C(=O)CC[C@]2(C)[C@@H](O)CC[C@@H]12. The summed E-state index contributed by atoms with van der Waals surface area (Å²) in [7, 11) is 1.37. The van der Waals surface area contributed by atoms with Crippen LogP contribution in [-0.2, 0) is 14.3 Å². The van der Waals surface area contributed by atoms with E-state index < -0.39 is 0 Å². The van der Waals surface area contributed by atoms with Gasteiger partial charge in [0, 0.05) is 18.8 Å². The number of carbonyl (C=O) groups excluding carboxylic acids is 2. The molecule has 0 aromatic heterocycles. The number of ether oxygens (including phenoxy) is 1. The monoisotopic (exact) mass is 254 g/mol. The zero-order valence-electron chi connectivity index (χ0n) is 11.1. The van der Waals surface area contributed by atoms with Crippen molar-refractivity contribution < 1.29 is 19.4 Å². The summed E-state index contributed by atoms with van der Waals surface area (Å²) in [6.07, 6.45) is 3.57.